The molecule has 0 rings (SSSR count). The maximum Gasteiger partial charge on any atom is 0.400 e. The summed E-state index contributed by atoms with van der Waals surface area (Å²) in [5.74, 6) is -2.37. The highest BCUT2D eigenvalue weighted by atomic mass is 19.1. The number of hydrogen-bond donors (Lipinski definition) is 0. The number of hydrogen-bond acceptors (Lipinski definition) is 3. The number of rotatable bonds is 2. The molecule has 3 nitrogen and oxygen atoms in total. The Bertz CT molecular complexity index is 169. The van der Waals surface area contributed by atoms with Gasteiger partial charge in [0.25, 0.3) is 0 Å². The van der Waals surface area contributed by atoms with Gasteiger partial charge in [-0.15, -0.1) is 0 Å². The van der Waals surface area contributed by atoms with Crippen LogP contribution in [0, 0.1) is 0 Å². The monoisotopic (exact) mass is 162 g/mol. The zero-order chi connectivity index (χ0) is 9.07. The Morgan fingerprint density at radius 2 is 1.91 bits per heavy atom. The van der Waals surface area contributed by atoms with Crippen molar-refractivity contribution >= 4 is 5.97 Å². The molecule has 0 fully saturated rings. The van der Waals surface area contributed by atoms with Gasteiger partial charge in [-0.25, -0.2) is 4.79 Å². The lowest BCUT2D eigenvalue weighted by Crippen LogP contribution is -2.21. The first-order valence-electron chi connectivity index (χ1n) is 3.07. The Hall–Kier alpha value is -0.900. The Morgan fingerprint density at radius 1 is 1.45 bits per heavy atom. The molecule has 0 aromatic rings. The van der Waals surface area contributed by atoms with E-state index in [2.05, 4.69) is 16.4 Å². The van der Waals surface area contributed by atoms with Crippen LogP contribution in [0.4, 0.5) is 4.39 Å². The summed E-state index contributed by atoms with van der Waals surface area (Å²) in [7, 11) is 0. The first-order valence-corrected chi connectivity index (χ1v) is 3.07. The maximum atomic E-state index is 11.9. The largest absolute Gasteiger partial charge is 0.400 e. The van der Waals surface area contributed by atoms with Crippen LogP contribution >= 0.6 is 0 Å². The van der Waals surface area contributed by atoms with Crippen LogP contribution in [0.2, 0.25) is 0 Å². The van der Waals surface area contributed by atoms with E-state index in [1.807, 2.05) is 0 Å². The van der Waals surface area contributed by atoms with Crippen molar-refractivity contribution in [3.05, 3.63) is 12.4 Å². The number of carbonyl (C=O) groups is 1. The molecule has 0 spiro atoms. The standard InChI is InChI=1S/C7H11FO3/c1-5(8)6(9)10-11-7(2,3)4/h1H2,2-4H3. The van der Waals surface area contributed by atoms with E-state index >= 15 is 0 Å². The summed E-state index contributed by atoms with van der Waals surface area (Å²) in [6, 6.07) is 0. The second kappa shape index (κ2) is 3.48. The van der Waals surface area contributed by atoms with Crippen molar-refractivity contribution in [1.29, 1.82) is 0 Å². The molecule has 0 N–H and O–H groups in total. The third kappa shape index (κ3) is 5.54. The molecular weight excluding hydrogens is 151 g/mol. The van der Waals surface area contributed by atoms with Crippen LogP contribution < -0.4 is 0 Å². The SMILES string of the molecule is C=C(F)C(=O)OOC(C)(C)C. The van der Waals surface area contributed by atoms with E-state index in [4.69, 9.17) is 0 Å². The first kappa shape index (κ1) is 10.1. The predicted molar refractivity (Wildman–Crippen MR) is 37.2 cm³/mol. The lowest BCUT2D eigenvalue weighted by Gasteiger charge is -2.15. The predicted octanol–water partition coefficient (Wildman–Crippen LogP) is 1.74. The lowest BCUT2D eigenvalue weighted by atomic mass is 10.2. The van der Waals surface area contributed by atoms with Gasteiger partial charge in [-0.05, 0) is 20.8 Å². The van der Waals surface area contributed by atoms with Crippen molar-refractivity contribution in [3.63, 3.8) is 0 Å². The molecule has 0 atom stereocenters. The van der Waals surface area contributed by atoms with E-state index in [0.29, 0.717) is 0 Å². The minimum absolute atomic E-state index is 0.634. The van der Waals surface area contributed by atoms with E-state index < -0.39 is 17.4 Å². The second-order valence-corrected chi connectivity index (χ2v) is 2.97. The zero-order valence-electron chi connectivity index (χ0n) is 6.81. The van der Waals surface area contributed by atoms with Gasteiger partial charge in [0, 0.05) is 0 Å². The molecule has 11 heavy (non-hydrogen) atoms. The average molecular weight is 162 g/mol. The van der Waals surface area contributed by atoms with Crippen LogP contribution in [-0.2, 0) is 14.6 Å². The summed E-state index contributed by atoms with van der Waals surface area (Å²) in [6.07, 6.45) is 0. The molecular formula is C7H11FO3. The van der Waals surface area contributed by atoms with Crippen molar-refractivity contribution in [3.8, 4) is 0 Å². The summed E-state index contributed by atoms with van der Waals surface area (Å²) < 4.78 is 11.9. The van der Waals surface area contributed by atoms with Gasteiger partial charge in [-0.3, -0.25) is 4.89 Å². The highest BCUT2D eigenvalue weighted by Gasteiger charge is 2.16. The van der Waals surface area contributed by atoms with Crippen LogP contribution in [0.1, 0.15) is 20.8 Å². The molecule has 64 valence electrons. The average Bonchev–Trinajstić information content (AvgIpc) is 1.80. The molecule has 0 aromatic carbocycles. The van der Waals surface area contributed by atoms with Crippen LogP contribution in [0.15, 0.2) is 12.4 Å². The highest BCUT2D eigenvalue weighted by Crippen LogP contribution is 2.08. The van der Waals surface area contributed by atoms with Crippen molar-refractivity contribution in [2.45, 2.75) is 26.4 Å². The van der Waals surface area contributed by atoms with Crippen molar-refractivity contribution in [1.82, 2.24) is 0 Å². The summed E-state index contributed by atoms with van der Waals surface area (Å²) in [6.45, 7) is 7.74. The molecule has 0 aromatic heterocycles. The van der Waals surface area contributed by atoms with Crippen molar-refractivity contribution < 1.29 is 19.0 Å². The van der Waals surface area contributed by atoms with Gasteiger partial charge in [-0.1, -0.05) is 6.58 Å². The summed E-state index contributed by atoms with van der Waals surface area (Å²) in [5, 5.41) is 0. The molecule has 0 aliphatic carbocycles. The van der Waals surface area contributed by atoms with Gasteiger partial charge in [0.05, 0.1) is 0 Å². The van der Waals surface area contributed by atoms with Gasteiger partial charge in [0.15, 0.2) is 0 Å². The lowest BCUT2D eigenvalue weighted by molar-refractivity contribution is -0.318. The van der Waals surface area contributed by atoms with E-state index in [1.54, 1.807) is 20.8 Å². The zero-order valence-corrected chi connectivity index (χ0v) is 6.81. The van der Waals surface area contributed by atoms with Gasteiger partial charge < -0.3 is 0 Å². The second-order valence-electron chi connectivity index (χ2n) is 2.97. The summed E-state index contributed by atoms with van der Waals surface area (Å²) in [4.78, 5) is 18.9. The van der Waals surface area contributed by atoms with E-state index in [0.717, 1.165) is 0 Å². The summed E-state index contributed by atoms with van der Waals surface area (Å²) in [5.41, 5.74) is -0.634. The van der Waals surface area contributed by atoms with Crippen LogP contribution in [0.5, 0.6) is 0 Å². The third-order valence-electron chi connectivity index (χ3n) is 0.589. The van der Waals surface area contributed by atoms with E-state index in [1.165, 1.54) is 0 Å². The molecule has 0 aliphatic rings. The fraction of sp³-hybridized carbons (Fsp3) is 0.571. The quantitative estimate of drug-likeness (QED) is 0.352. The Morgan fingerprint density at radius 3 is 2.18 bits per heavy atom. The van der Waals surface area contributed by atoms with E-state index in [-0.39, 0.29) is 0 Å². The Kier molecular flexibility index (Phi) is 3.19. The van der Waals surface area contributed by atoms with Gasteiger partial charge in [-0.2, -0.15) is 9.28 Å². The minimum atomic E-state index is -1.19. The van der Waals surface area contributed by atoms with Crippen molar-refractivity contribution in [2.75, 3.05) is 0 Å². The van der Waals surface area contributed by atoms with E-state index in [9.17, 15) is 9.18 Å². The molecule has 4 heteroatoms. The van der Waals surface area contributed by atoms with Crippen LogP contribution in [0.3, 0.4) is 0 Å². The Balaban J connectivity index is 3.73. The van der Waals surface area contributed by atoms with Crippen molar-refractivity contribution in [2.24, 2.45) is 0 Å². The molecule has 0 saturated heterocycles. The molecule has 0 aliphatic heterocycles. The first-order chi connectivity index (χ1) is 4.83. The number of carbonyl (C=O) groups excluding carboxylic acids is 1. The van der Waals surface area contributed by atoms with Crippen LogP contribution in [0.25, 0.3) is 0 Å². The maximum absolute atomic E-state index is 11.9. The molecule has 0 unspecified atom stereocenters. The third-order valence-corrected chi connectivity index (χ3v) is 0.589. The molecule has 0 bridgehead atoms. The normalized spacial score (nSPS) is 10.9. The molecule has 0 heterocycles. The molecule has 0 saturated carbocycles. The minimum Gasteiger partial charge on any atom is -0.290 e. The fourth-order valence-corrected chi connectivity index (χ4v) is 0.208. The van der Waals surface area contributed by atoms with Gasteiger partial charge in [0.2, 0.25) is 5.83 Å². The molecule has 0 amide bonds. The summed E-state index contributed by atoms with van der Waals surface area (Å²) >= 11 is 0. The smallest absolute Gasteiger partial charge is 0.290 e. The van der Waals surface area contributed by atoms with Gasteiger partial charge in [0.1, 0.15) is 5.60 Å². The van der Waals surface area contributed by atoms with Crippen LogP contribution in [-0.4, -0.2) is 11.6 Å². The molecule has 0 radical (unpaired) electrons. The Labute approximate surface area is 64.7 Å². The topological polar surface area (TPSA) is 35.5 Å². The fourth-order valence-electron chi connectivity index (χ4n) is 0.208. The van der Waals surface area contributed by atoms with Gasteiger partial charge >= 0.3 is 5.97 Å². The highest BCUT2D eigenvalue weighted by molar-refractivity contribution is 5.84. The number of halogens is 1.